The van der Waals surface area contributed by atoms with Gasteiger partial charge in [-0.3, -0.25) is 9.10 Å². The third kappa shape index (κ3) is 5.75. The molecule has 0 fully saturated rings. The summed E-state index contributed by atoms with van der Waals surface area (Å²) in [4.78, 5) is 12.6. The van der Waals surface area contributed by atoms with Gasteiger partial charge in [-0.1, -0.05) is 54.1 Å². The van der Waals surface area contributed by atoms with E-state index in [1.807, 2.05) is 30.3 Å². The van der Waals surface area contributed by atoms with Crippen LogP contribution in [0.1, 0.15) is 0 Å². The molecule has 0 saturated heterocycles. The van der Waals surface area contributed by atoms with Gasteiger partial charge in [0.15, 0.2) is 0 Å². The fourth-order valence-corrected chi connectivity index (χ4v) is 4.35. The van der Waals surface area contributed by atoms with Crippen LogP contribution in [0.15, 0.2) is 89.8 Å². The zero-order chi connectivity index (χ0) is 21.4. The van der Waals surface area contributed by atoms with Crippen molar-refractivity contribution < 1.29 is 17.9 Å². The molecule has 0 aliphatic carbocycles. The van der Waals surface area contributed by atoms with Crippen LogP contribution in [0.3, 0.4) is 0 Å². The van der Waals surface area contributed by atoms with Crippen molar-refractivity contribution >= 4 is 33.2 Å². The molecule has 8 heteroatoms. The van der Waals surface area contributed by atoms with Crippen LogP contribution in [0.2, 0.25) is 5.02 Å². The largest absolute Gasteiger partial charge is 0.492 e. The van der Waals surface area contributed by atoms with Gasteiger partial charge in [0.25, 0.3) is 10.0 Å². The van der Waals surface area contributed by atoms with Gasteiger partial charge in [0.2, 0.25) is 5.91 Å². The summed E-state index contributed by atoms with van der Waals surface area (Å²) >= 11 is 6.04. The summed E-state index contributed by atoms with van der Waals surface area (Å²) in [6, 6.07) is 23.5. The molecular formula is C22H21ClN2O4S. The van der Waals surface area contributed by atoms with E-state index in [1.54, 1.807) is 36.4 Å². The van der Waals surface area contributed by atoms with Crippen molar-refractivity contribution in [2.75, 3.05) is 24.0 Å². The molecule has 0 atom stereocenters. The number of halogens is 1. The topological polar surface area (TPSA) is 75.7 Å². The van der Waals surface area contributed by atoms with Crippen molar-refractivity contribution in [1.29, 1.82) is 0 Å². The Hall–Kier alpha value is -3.03. The number of anilines is 1. The lowest BCUT2D eigenvalue weighted by molar-refractivity contribution is -0.119. The summed E-state index contributed by atoms with van der Waals surface area (Å²) in [5.74, 6) is 0.241. The second kappa shape index (κ2) is 10.1. The van der Waals surface area contributed by atoms with Gasteiger partial charge in [-0.25, -0.2) is 8.42 Å². The molecule has 0 radical (unpaired) electrons. The second-order valence-corrected chi connectivity index (χ2v) is 8.61. The Morgan fingerprint density at radius 3 is 2.27 bits per heavy atom. The minimum absolute atomic E-state index is 0.0881. The normalized spacial score (nSPS) is 11.0. The summed E-state index contributed by atoms with van der Waals surface area (Å²) in [6.45, 7) is 0.115. The molecule has 1 amide bonds. The Morgan fingerprint density at radius 1 is 0.933 bits per heavy atom. The number of nitrogens with zero attached hydrogens (tertiary/aromatic N) is 1. The van der Waals surface area contributed by atoms with Gasteiger partial charge in [0, 0.05) is 5.02 Å². The highest BCUT2D eigenvalue weighted by molar-refractivity contribution is 7.92. The highest BCUT2D eigenvalue weighted by atomic mass is 35.5. The molecule has 0 unspecified atom stereocenters. The number of amides is 1. The number of para-hydroxylation sites is 1. The number of carbonyl (C=O) groups excluding carboxylic acids is 1. The third-order valence-electron chi connectivity index (χ3n) is 4.15. The first kappa shape index (κ1) is 21.7. The number of hydrogen-bond acceptors (Lipinski definition) is 4. The molecule has 0 saturated carbocycles. The molecule has 3 aromatic rings. The molecule has 30 heavy (non-hydrogen) atoms. The van der Waals surface area contributed by atoms with Crippen molar-refractivity contribution in [3.05, 3.63) is 90.0 Å². The van der Waals surface area contributed by atoms with E-state index in [9.17, 15) is 13.2 Å². The molecule has 1 N–H and O–H groups in total. The third-order valence-corrected chi connectivity index (χ3v) is 6.17. The molecule has 0 aliphatic rings. The maximum absolute atomic E-state index is 13.2. The Kier molecular flexibility index (Phi) is 7.32. The van der Waals surface area contributed by atoms with Crippen LogP contribution in [0.5, 0.6) is 5.75 Å². The molecule has 3 rings (SSSR count). The predicted octanol–water partition coefficient (Wildman–Crippen LogP) is 3.73. The molecule has 6 nitrogen and oxygen atoms in total. The fraction of sp³-hybridized carbons (Fsp3) is 0.136. The van der Waals surface area contributed by atoms with Gasteiger partial charge >= 0.3 is 0 Å². The molecular weight excluding hydrogens is 424 g/mol. The Morgan fingerprint density at radius 2 is 1.60 bits per heavy atom. The summed E-state index contributed by atoms with van der Waals surface area (Å²) in [7, 11) is -3.96. The molecule has 0 bridgehead atoms. The van der Waals surface area contributed by atoms with Crippen molar-refractivity contribution in [1.82, 2.24) is 5.32 Å². The molecule has 0 aromatic heterocycles. The zero-order valence-electron chi connectivity index (χ0n) is 16.1. The number of benzene rings is 3. The number of carbonyl (C=O) groups is 1. The summed E-state index contributed by atoms with van der Waals surface area (Å²) in [6.07, 6.45) is 0. The lowest BCUT2D eigenvalue weighted by Gasteiger charge is -2.24. The van der Waals surface area contributed by atoms with Gasteiger partial charge in [0.05, 0.1) is 17.1 Å². The predicted molar refractivity (Wildman–Crippen MR) is 117 cm³/mol. The lowest BCUT2D eigenvalue weighted by Crippen LogP contribution is -2.41. The Labute approximate surface area is 181 Å². The van der Waals surface area contributed by atoms with Crippen molar-refractivity contribution in [3.8, 4) is 5.75 Å². The van der Waals surface area contributed by atoms with Crippen LogP contribution in [-0.4, -0.2) is 34.0 Å². The van der Waals surface area contributed by atoms with Gasteiger partial charge in [-0.05, 0) is 42.5 Å². The average Bonchev–Trinajstić information content (AvgIpc) is 2.76. The van der Waals surface area contributed by atoms with Crippen molar-refractivity contribution in [2.45, 2.75) is 4.90 Å². The number of hydrogen-bond donors (Lipinski definition) is 1. The summed E-state index contributed by atoms with van der Waals surface area (Å²) in [5, 5.41) is 3.06. The Balaban J connectivity index is 1.70. The minimum Gasteiger partial charge on any atom is -0.492 e. The molecule has 0 heterocycles. The van der Waals surface area contributed by atoms with E-state index in [2.05, 4.69) is 5.32 Å². The molecule has 3 aromatic carbocycles. The smallest absolute Gasteiger partial charge is 0.264 e. The standard InChI is InChI=1S/C22H21ClN2O4S/c23-18-8-7-9-19(16-18)25(30(27,28)21-12-5-2-6-13-21)17-22(26)24-14-15-29-20-10-3-1-4-11-20/h1-13,16H,14-15,17H2,(H,24,26). The quantitative estimate of drug-likeness (QED) is 0.510. The fourth-order valence-electron chi connectivity index (χ4n) is 2.73. The van der Waals surface area contributed by atoms with Crippen LogP contribution < -0.4 is 14.4 Å². The van der Waals surface area contributed by atoms with Crippen LogP contribution >= 0.6 is 11.6 Å². The van der Waals surface area contributed by atoms with Crippen LogP contribution in [-0.2, 0) is 14.8 Å². The number of nitrogens with one attached hydrogen (secondary N) is 1. The van der Waals surface area contributed by atoms with Crippen LogP contribution in [0.25, 0.3) is 0 Å². The van der Waals surface area contributed by atoms with Crippen LogP contribution in [0, 0.1) is 0 Å². The molecule has 0 spiro atoms. The van der Waals surface area contributed by atoms with E-state index >= 15 is 0 Å². The first-order valence-electron chi connectivity index (χ1n) is 9.25. The first-order chi connectivity index (χ1) is 14.5. The highest BCUT2D eigenvalue weighted by Gasteiger charge is 2.27. The lowest BCUT2D eigenvalue weighted by atomic mass is 10.3. The highest BCUT2D eigenvalue weighted by Crippen LogP contribution is 2.25. The number of ether oxygens (including phenoxy) is 1. The number of sulfonamides is 1. The van der Waals surface area contributed by atoms with Crippen LogP contribution in [0.4, 0.5) is 5.69 Å². The van der Waals surface area contributed by atoms with E-state index < -0.39 is 15.9 Å². The Bertz CT molecular complexity index is 1080. The number of rotatable bonds is 9. The van der Waals surface area contributed by atoms with E-state index in [4.69, 9.17) is 16.3 Å². The first-order valence-corrected chi connectivity index (χ1v) is 11.1. The van der Waals surface area contributed by atoms with E-state index in [0.717, 1.165) is 4.31 Å². The molecule has 0 aliphatic heterocycles. The zero-order valence-corrected chi connectivity index (χ0v) is 17.6. The van der Waals surface area contributed by atoms with Crippen molar-refractivity contribution in [2.24, 2.45) is 0 Å². The van der Waals surface area contributed by atoms with E-state index in [-0.39, 0.29) is 24.6 Å². The van der Waals surface area contributed by atoms with E-state index in [1.165, 1.54) is 18.2 Å². The van der Waals surface area contributed by atoms with Gasteiger partial charge in [-0.2, -0.15) is 0 Å². The van der Waals surface area contributed by atoms with Gasteiger partial charge in [0.1, 0.15) is 18.9 Å². The average molecular weight is 445 g/mol. The minimum atomic E-state index is -3.96. The summed E-state index contributed by atoms with van der Waals surface area (Å²) in [5.41, 5.74) is 0.307. The SMILES string of the molecule is O=C(CN(c1cccc(Cl)c1)S(=O)(=O)c1ccccc1)NCCOc1ccccc1. The maximum atomic E-state index is 13.2. The monoisotopic (exact) mass is 444 g/mol. The maximum Gasteiger partial charge on any atom is 0.264 e. The second-order valence-electron chi connectivity index (χ2n) is 6.32. The van der Waals surface area contributed by atoms with E-state index in [0.29, 0.717) is 16.5 Å². The summed E-state index contributed by atoms with van der Waals surface area (Å²) < 4.78 is 32.9. The van der Waals surface area contributed by atoms with Gasteiger partial charge < -0.3 is 10.1 Å². The molecule has 156 valence electrons. The van der Waals surface area contributed by atoms with Crippen molar-refractivity contribution in [3.63, 3.8) is 0 Å². The van der Waals surface area contributed by atoms with Gasteiger partial charge in [-0.15, -0.1) is 0 Å².